The van der Waals surface area contributed by atoms with E-state index in [1.807, 2.05) is 12.1 Å². The van der Waals surface area contributed by atoms with Gasteiger partial charge in [0.15, 0.2) is 0 Å². The zero-order valence-electron chi connectivity index (χ0n) is 5.93. The maximum Gasteiger partial charge on any atom is 0.123 e. The number of nitrogen functional groups attached to an aromatic ring is 1. The largest absolute Gasteiger partial charge is 0.493 e. The highest BCUT2D eigenvalue weighted by atomic mass is 79.9. The van der Waals surface area contributed by atoms with Gasteiger partial charge >= 0.3 is 0 Å². The SMILES string of the molecule is Nc1cc2c(cc1Br)OCC2. The van der Waals surface area contributed by atoms with Gasteiger partial charge in [-0.25, -0.2) is 0 Å². The van der Waals surface area contributed by atoms with Gasteiger partial charge in [-0.05, 0) is 33.6 Å². The molecule has 0 bridgehead atoms. The molecule has 2 N–H and O–H groups in total. The summed E-state index contributed by atoms with van der Waals surface area (Å²) in [5.41, 5.74) is 7.69. The second kappa shape index (κ2) is 2.41. The van der Waals surface area contributed by atoms with E-state index in [9.17, 15) is 0 Å². The minimum Gasteiger partial charge on any atom is -0.493 e. The van der Waals surface area contributed by atoms with E-state index >= 15 is 0 Å². The van der Waals surface area contributed by atoms with E-state index in [1.54, 1.807) is 0 Å². The number of nitrogens with two attached hydrogens (primary N) is 1. The van der Waals surface area contributed by atoms with Crippen molar-refractivity contribution in [1.82, 2.24) is 0 Å². The zero-order valence-corrected chi connectivity index (χ0v) is 7.52. The van der Waals surface area contributed by atoms with Crippen molar-refractivity contribution < 1.29 is 4.74 Å². The molecule has 0 amide bonds. The van der Waals surface area contributed by atoms with Crippen molar-refractivity contribution in [2.24, 2.45) is 0 Å². The maximum atomic E-state index is 5.69. The van der Waals surface area contributed by atoms with Gasteiger partial charge in [-0.2, -0.15) is 0 Å². The van der Waals surface area contributed by atoms with Gasteiger partial charge in [0, 0.05) is 16.6 Å². The van der Waals surface area contributed by atoms with Gasteiger partial charge in [0.2, 0.25) is 0 Å². The van der Waals surface area contributed by atoms with Gasteiger partial charge in [0.05, 0.1) is 6.61 Å². The third kappa shape index (κ3) is 1.09. The fourth-order valence-corrected chi connectivity index (χ4v) is 1.54. The van der Waals surface area contributed by atoms with Crippen molar-refractivity contribution in [3.8, 4) is 5.75 Å². The van der Waals surface area contributed by atoms with Crippen molar-refractivity contribution in [3.05, 3.63) is 22.2 Å². The molecule has 1 aromatic carbocycles. The molecular weight excluding hydrogens is 206 g/mol. The molecule has 0 saturated heterocycles. The van der Waals surface area contributed by atoms with Gasteiger partial charge in [0.25, 0.3) is 0 Å². The smallest absolute Gasteiger partial charge is 0.123 e. The average Bonchev–Trinajstić information content (AvgIpc) is 2.36. The third-order valence-corrected chi connectivity index (χ3v) is 2.50. The topological polar surface area (TPSA) is 35.2 Å². The van der Waals surface area contributed by atoms with Crippen LogP contribution in [0.2, 0.25) is 0 Å². The molecule has 1 aliphatic heterocycles. The number of benzene rings is 1. The van der Waals surface area contributed by atoms with Crippen molar-refractivity contribution in [2.45, 2.75) is 6.42 Å². The number of fused-ring (bicyclic) bond motifs is 1. The van der Waals surface area contributed by atoms with E-state index < -0.39 is 0 Å². The van der Waals surface area contributed by atoms with Gasteiger partial charge in [0.1, 0.15) is 5.75 Å². The van der Waals surface area contributed by atoms with Crippen molar-refractivity contribution >= 4 is 21.6 Å². The summed E-state index contributed by atoms with van der Waals surface area (Å²) in [5, 5.41) is 0. The Kier molecular flexibility index (Phi) is 1.53. The van der Waals surface area contributed by atoms with Crippen LogP contribution in [0.3, 0.4) is 0 Å². The Labute approximate surface area is 73.5 Å². The molecule has 2 nitrogen and oxygen atoms in total. The summed E-state index contributed by atoms with van der Waals surface area (Å²) < 4.78 is 6.26. The number of hydrogen-bond donors (Lipinski definition) is 1. The minimum atomic E-state index is 0.783. The first-order valence-corrected chi connectivity index (χ1v) is 4.27. The molecule has 2 rings (SSSR count). The standard InChI is InChI=1S/C8H8BrNO/c9-6-4-8-5(1-2-11-8)3-7(6)10/h3-4H,1-2,10H2. The molecule has 11 heavy (non-hydrogen) atoms. The summed E-state index contributed by atoms with van der Waals surface area (Å²) >= 11 is 3.34. The highest BCUT2D eigenvalue weighted by molar-refractivity contribution is 9.10. The van der Waals surface area contributed by atoms with Crippen LogP contribution >= 0.6 is 15.9 Å². The first kappa shape index (κ1) is 6.98. The minimum absolute atomic E-state index is 0.783. The molecule has 1 heterocycles. The van der Waals surface area contributed by atoms with Crippen molar-refractivity contribution in [1.29, 1.82) is 0 Å². The highest BCUT2D eigenvalue weighted by Crippen LogP contribution is 2.32. The first-order valence-electron chi connectivity index (χ1n) is 3.48. The highest BCUT2D eigenvalue weighted by Gasteiger charge is 2.13. The monoisotopic (exact) mass is 213 g/mol. The van der Waals surface area contributed by atoms with Crippen molar-refractivity contribution in [3.63, 3.8) is 0 Å². The van der Waals surface area contributed by atoms with Crippen LogP contribution in [0.4, 0.5) is 5.69 Å². The Bertz CT molecular complexity index is 269. The molecule has 3 heteroatoms. The van der Waals surface area contributed by atoms with Crippen LogP contribution in [0.25, 0.3) is 0 Å². The predicted octanol–water partition coefficient (Wildman–Crippen LogP) is 1.97. The van der Waals surface area contributed by atoms with E-state index in [2.05, 4.69) is 15.9 Å². The maximum absolute atomic E-state index is 5.69. The molecule has 0 atom stereocenters. The second-order valence-electron chi connectivity index (χ2n) is 2.58. The molecule has 0 aromatic heterocycles. The number of ether oxygens (including phenoxy) is 1. The molecule has 0 saturated carbocycles. The summed E-state index contributed by atoms with van der Waals surface area (Å²) in [5.74, 6) is 0.964. The van der Waals surface area contributed by atoms with Crippen LogP contribution in [-0.4, -0.2) is 6.61 Å². The lowest BCUT2D eigenvalue weighted by atomic mass is 10.1. The number of halogens is 1. The Morgan fingerprint density at radius 1 is 1.45 bits per heavy atom. The Balaban J connectivity index is 2.57. The summed E-state index contributed by atoms with van der Waals surface area (Å²) in [6.45, 7) is 0.783. The van der Waals surface area contributed by atoms with Crippen LogP contribution < -0.4 is 10.5 Å². The average molecular weight is 214 g/mol. The summed E-state index contributed by atoms with van der Waals surface area (Å²) in [6.07, 6.45) is 0.979. The van der Waals surface area contributed by atoms with E-state index in [0.717, 1.165) is 28.9 Å². The van der Waals surface area contributed by atoms with Gasteiger partial charge in [-0.15, -0.1) is 0 Å². The van der Waals surface area contributed by atoms with Crippen LogP contribution in [-0.2, 0) is 6.42 Å². The second-order valence-corrected chi connectivity index (χ2v) is 3.43. The zero-order chi connectivity index (χ0) is 7.84. The molecular formula is C8H8BrNO. The van der Waals surface area contributed by atoms with Gasteiger partial charge < -0.3 is 10.5 Å². The van der Waals surface area contributed by atoms with Crippen LogP contribution in [0.5, 0.6) is 5.75 Å². The molecule has 0 unspecified atom stereocenters. The Hall–Kier alpha value is -0.700. The summed E-state index contributed by atoms with van der Waals surface area (Å²) in [4.78, 5) is 0. The molecule has 0 spiro atoms. The lowest BCUT2D eigenvalue weighted by Gasteiger charge is -2.01. The summed E-state index contributed by atoms with van der Waals surface area (Å²) in [7, 11) is 0. The summed E-state index contributed by atoms with van der Waals surface area (Å²) in [6, 6.07) is 3.89. The molecule has 0 radical (unpaired) electrons. The van der Waals surface area contributed by atoms with E-state index in [1.165, 1.54) is 5.56 Å². The lowest BCUT2D eigenvalue weighted by Crippen LogP contribution is -1.87. The first-order chi connectivity index (χ1) is 5.27. The van der Waals surface area contributed by atoms with Crippen molar-refractivity contribution in [2.75, 3.05) is 12.3 Å². The third-order valence-electron chi connectivity index (χ3n) is 1.81. The lowest BCUT2D eigenvalue weighted by molar-refractivity contribution is 0.356. The number of anilines is 1. The molecule has 1 aliphatic rings. The fraction of sp³-hybridized carbons (Fsp3) is 0.250. The number of rotatable bonds is 0. The Morgan fingerprint density at radius 2 is 2.27 bits per heavy atom. The fourth-order valence-electron chi connectivity index (χ4n) is 1.22. The van der Waals surface area contributed by atoms with E-state index in [0.29, 0.717) is 0 Å². The molecule has 58 valence electrons. The van der Waals surface area contributed by atoms with Gasteiger partial charge in [-0.1, -0.05) is 0 Å². The normalized spacial score (nSPS) is 14.3. The Morgan fingerprint density at radius 3 is 3.09 bits per heavy atom. The van der Waals surface area contributed by atoms with E-state index in [4.69, 9.17) is 10.5 Å². The molecule has 0 aliphatic carbocycles. The number of hydrogen-bond acceptors (Lipinski definition) is 2. The van der Waals surface area contributed by atoms with E-state index in [-0.39, 0.29) is 0 Å². The molecule has 0 fully saturated rings. The molecule has 1 aromatic rings. The predicted molar refractivity (Wildman–Crippen MR) is 47.8 cm³/mol. The quantitative estimate of drug-likeness (QED) is 0.670. The van der Waals surface area contributed by atoms with Crippen LogP contribution in [0.1, 0.15) is 5.56 Å². The van der Waals surface area contributed by atoms with Gasteiger partial charge in [-0.3, -0.25) is 0 Å². The van der Waals surface area contributed by atoms with Crippen LogP contribution in [0.15, 0.2) is 16.6 Å². The van der Waals surface area contributed by atoms with Crippen LogP contribution in [0, 0.1) is 0 Å².